The van der Waals surface area contributed by atoms with Gasteiger partial charge in [0.15, 0.2) is 0 Å². The van der Waals surface area contributed by atoms with Crippen molar-refractivity contribution in [2.24, 2.45) is 11.1 Å². The number of nitrogens with one attached hydrogen (secondary N) is 1. The van der Waals surface area contributed by atoms with Crippen LogP contribution < -0.4 is 15.8 Å². The molecule has 0 atom stereocenters. The molecule has 0 aromatic heterocycles. The first-order valence-electron chi connectivity index (χ1n) is 5.63. The van der Waals surface area contributed by atoms with Gasteiger partial charge in [-0.2, -0.15) is 8.78 Å². The highest BCUT2D eigenvalue weighted by atomic mass is 19.3. The van der Waals surface area contributed by atoms with Crippen molar-refractivity contribution < 1.29 is 18.3 Å². The number of halogens is 2. The Morgan fingerprint density at radius 1 is 1.44 bits per heavy atom. The Balaban J connectivity index is 2.11. The van der Waals surface area contributed by atoms with E-state index in [0.29, 0.717) is 0 Å². The quantitative estimate of drug-likeness (QED) is 0.846. The largest absolute Gasteiger partial charge is 0.433 e. The number of carbonyl (C=O) groups is 1. The highest BCUT2D eigenvalue weighted by Gasteiger charge is 2.48. The van der Waals surface area contributed by atoms with E-state index in [1.165, 1.54) is 12.1 Å². The molecule has 6 heteroatoms. The zero-order chi connectivity index (χ0) is 13.2. The van der Waals surface area contributed by atoms with Crippen LogP contribution in [0.3, 0.4) is 0 Å². The van der Waals surface area contributed by atoms with Gasteiger partial charge < -0.3 is 15.8 Å². The lowest BCUT2D eigenvalue weighted by Gasteiger charge is -2.15. The van der Waals surface area contributed by atoms with Crippen molar-refractivity contribution in [3.05, 3.63) is 24.3 Å². The number of ether oxygens (including phenoxy) is 1. The Kier molecular flexibility index (Phi) is 3.47. The second-order valence-electron chi connectivity index (χ2n) is 4.31. The third kappa shape index (κ3) is 2.59. The number of alkyl halides is 2. The minimum Gasteiger partial charge on any atom is -0.433 e. The second-order valence-corrected chi connectivity index (χ2v) is 4.31. The van der Waals surface area contributed by atoms with Crippen molar-refractivity contribution in [1.82, 2.24) is 0 Å². The predicted molar refractivity (Wildman–Crippen MR) is 62.4 cm³/mol. The van der Waals surface area contributed by atoms with E-state index in [-0.39, 0.29) is 23.9 Å². The molecule has 0 bridgehead atoms. The molecule has 1 amide bonds. The Morgan fingerprint density at radius 2 is 2.11 bits per heavy atom. The molecule has 1 aliphatic carbocycles. The monoisotopic (exact) mass is 256 g/mol. The van der Waals surface area contributed by atoms with E-state index >= 15 is 0 Å². The molecular weight excluding hydrogens is 242 g/mol. The SMILES string of the molecule is NCC1(C(=O)Nc2ccccc2OC(F)F)CC1. The highest BCUT2D eigenvalue weighted by molar-refractivity contribution is 5.98. The van der Waals surface area contributed by atoms with Gasteiger partial charge in [-0.05, 0) is 25.0 Å². The summed E-state index contributed by atoms with van der Waals surface area (Å²) in [5, 5.41) is 2.59. The maximum absolute atomic E-state index is 12.2. The summed E-state index contributed by atoms with van der Waals surface area (Å²) in [6.45, 7) is -2.66. The van der Waals surface area contributed by atoms with Crippen LogP contribution in [-0.4, -0.2) is 19.1 Å². The zero-order valence-corrected chi connectivity index (χ0v) is 9.66. The van der Waals surface area contributed by atoms with Gasteiger partial charge in [-0.15, -0.1) is 0 Å². The van der Waals surface area contributed by atoms with E-state index in [1.807, 2.05) is 0 Å². The van der Waals surface area contributed by atoms with Gasteiger partial charge in [-0.3, -0.25) is 4.79 Å². The summed E-state index contributed by atoms with van der Waals surface area (Å²) in [6, 6.07) is 6.09. The van der Waals surface area contributed by atoms with Crippen molar-refractivity contribution in [3.8, 4) is 5.75 Å². The van der Waals surface area contributed by atoms with Crippen molar-refractivity contribution in [2.75, 3.05) is 11.9 Å². The maximum atomic E-state index is 12.2. The number of anilines is 1. The molecule has 98 valence electrons. The van der Waals surface area contributed by atoms with Crippen LogP contribution in [0.15, 0.2) is 24.3 Å². The Bertz CT molecular complexity index is 447. The Labute approximate surface area is 103 Å². The summed E-state index contributed by atoms with van der Waals surface area (Å²) in [5.41, 5.74) is 5.24. The second kappa shape index (κ2) is 4.89. The highest BCUT2D eigenvalue weighted by Crippen LogP contribution is 2.45. The lowest BCUT2D eigenvalue weighted by Crippen LogP contribution is -2.31. The molecule has 3 N–H and O–H groups in total. The molecule has 0 aliphatic heterocycles. The molecule has 1 aromatic carbocycles. The van der Waals surface area contributed by atoms with Crippen LogP contribution in [0.1, 0.15) is 12.8 Å². The van der Waals surface area contributed by atoms with E-state index in [9.17, 15) is 13.6 Å². The first-order chi connectivity index (χ1) is 8.57. The van der Waals surface area contributed by atoms with Crippen molar-refractivity contribution in [1.29, 1.82) is 0 Å². The average Bonchev–Trinajstić information content (AvgIpc) is 3.12. The molecule has 18 heavy (non-hydrogen) atoms. The third-order valence-corrected chi connectivity index (χ3v) is 3.08. The number of hydrogen-bond acceptors (Lipinski definition) is 3. The smallest absolute Gasteiger partial charge is 0.387 e. The molecular formula is C12H14F2N2O2. The number of amides is 1. The molecule has 4 nitrogen and oxygen atoms in total. The molecule has 1 saturated carbocycles. The molecule has 1 aromatic rings. The van der Waals surface area contributed by atoms with Gasteiger partial charge >= 0.3 is 6.61 Å². The standard InChI is InChI=1S/C12H14F2N2O2/c13-11(14)18-9-4-2-1-3-8(9)16-10(17)12(7-15)5-6-12/h1-4,11H,5-7,15H2,(H,16,17). The van der Waals surface area contributed by atoms with Crippen LogP contribution in [0.5, 0.6) is 5.75 Å². The van der Waals surface area contributed by atoms with Crippen molar-refractivity contribution in [3.63, 3.8) is 0 Å². The van der Waals surface area contributed by atoms with E-state index in [4.69, 9.17) is 5.73 Å². The van der Waals surface area contributed by atoms with Crippen molar-refractivity contribution in [2.45, 2.75) is 19.5 Å². The maximum Gasteiger partial charge on any atom is 0.387 e. The summed E-state index contributed by atoms with van der Waals surface area (Å²) in [7, 11) is 0. The number of nitrogens with two attached hydrogens (primary N) is 1. The number of hydrogen-bond donors (Lipinski definition) is 2. The van der Waals surface area contributed by atoms with Crippen LogP contribution in [0, 0.1) is 5.41 Å². The predicted octanol–water partition coefficient (Wildman–Crippen LogP) is 1.97. The topological polar surface area (TPSA) is 64.4 Å². The van der Waals surface area contributed by atoms with Gasteiger partial charge in [0.2, 0.25) is 5.91 Å². The van der Waals surface area contributed by atoms with Crippen molar-refractivity contribution >= 4 is 11.6 Å². The van der Waals surface area contributed by atoms with E-state index in [1.54, 1.807) is 12.1 Å². The van der Waals surface area contributed by atoms with E-state index in [2.05, 4.69) is 10.1 Å². The first kappa shape index (κ1) is 12.8. The van der Waals surface area contributed by atoms with Gasteiger partial charge in [0.1, 0.15) is 5.75 Å². The minimum atomic E-state index is -2.92. The zero-order valence-electron chi connectivity index (χ0n) is 9.66. The van der Waals surface area contributed by atoms with Gasteiger partial charge in [-0.1, -0.05) is 12.1 Å². The Morgan fingerprint density at radius 3 is 2.67 bits per heavy atom. The fraction of sp³-hybridized carbons (Fsp3) is 0.417. The number of carbonyl (C=O) groups excluding carboxylic acids is 1. The van der Waals surface area contributed by atoms with E-state index < -0.39 is 12.0 Å². The number of rotatable bonds is 5. The van der Waals surface area contributed by atoms with Crippen LogP contribution >= 0.6 is 0 Å². The van der Waals surface area contributed by atoms with E-state index in [0.717, 1.165) is 12.8 Å². The molecule has 1 aliphatic rings. The molecule has 2 rings (SSSR count). The molecule has 0 unspecified atom stereocenters. The van der Waals surface area contributed by atoms with Crippen LogP contribution in [0.2, 0.25) is 0 Å². The average molecular weight is 256 g/mol. The summed E-state index contributed by atoms with van der Waals surface area (Å²) >= 11 is 0. The normalized spacial score (nSPS) is 16.4. The number of para-hydroxylation sites is 2. The van der Waals surface area contributed by atoms with Crippen LogP contribution in [-0.2, 0) is 4.79 Å². The summed E-state index contributed by atoms with van der Waals surface area (Å²) < 4.78 is 28.7. The first-order valence-corrected chi connectivity index (χ1v) is 5.63. The van der Waals surface area contributed by atoms with Gasteiger partial charge in [0.05, 0.1) is 11.1 Å². The van der Waals surface area contributed by atoms with Gasteiger partial charge in [-0.25, -0.2) is 0 Å². The fourth-order valence-electron chi connectivity index (χ4n) is 1.70. The molecule has 0 heterocycles. The molecule has 1 fully saturated rings. The molecule has 0 spiro atoms. The minimum absolute atomic E-state index is 0.0475. The van der Waals surface area contributed by atoms with Crippen LogP contribution in [0.4, 0.5) is 14.5 Å². The summed E-state index contributed by atoms with van der Waals surface area (Å²) in [6.07, 6.45) is 1.46. The number of benzene rings is 1. The fourth-order valence-corrected chi connectivity index (χ4v) is 1.70. The summed E-state index contributed by atoms with van der Waals surface area (Å²) in [4.78, 5) is 11.9. The summed E-state index contributed by atoms with van der Waals surface area (Å²) in [5.74, 6) is -0.288. The lowest BCUT2D eigenvalue weighted by atomic mass is 10.1. The molecule has 0 saturated heterocycles. The third-order valence-electron chi connectivity index (χ3n) is 3.08. The lowest BCUT2D eigenvalue weighted by molar-refractivity contribution is -0.120. The Hall–Kier alpha value is -1.69. The van der Waals surface area contributed by atoms with Gasteiger partial charge in [0, 0.05) is 6.54 Å². The molecule has 0 radical (unpaired) electrons. The van der Waals surface area contributed by atoms with Gasteiger partial charge in [0.25, 0.3) is 0 Å². The van der Waals surface area contributed by atoms with Crippen LogP contribution in [0.25, 0.3) is 0 Å².